The summed E-state index contributed by atoms with van der Waals surface area (Å²) in [4.78, 5) is 33.5. The van der Waals surface area contributed by atoms with Crippen LogP contribution in [0, 0.1) is 12.8 Å². The van der Waals surface area contributed by atoms with Gasteiger partial charge in [0.15, 0.2) is 11.2 Å². The fraction of sp³-hybridized carbons (Fsp3) is 0.577. The summed E-state index contributed by atoms with van der Waals surface area (Å²) in [5, 5.41) is 0. The van der Waals surface area contributed by atoms with Gasteiger partial charge in [0.05, 0.1) is 0 Å². The first kappa shape index (κ1) is 23.3. The Balaban J connectivity index is 1.68. The van der Waals surface area contributed by atoms with Crippen LogP contribution in [-0.2, 0) is 20.1 Å². The number of imidazole rings is 1. The third-order valence-electron chi connectivity index (χ3n) is 6.74. The van der Waals surface area contributed by atoms with Crippen molar-refractivity contribution >= 4 is 22.8 Å². The van der Waals surface area contributed by atoms with Crippen LogP contribution in [0.15, 0.2) is 33.9 Å². The van der Waals surface area contributed by atoms with E-state index in [0.717, 1.165) is 44.0 Å². The molecule has 0 amide bonds. The molecule has 0 unspecified atom stereocenters. The van der Waals surface area contributed by atoms with Crippen molar-refractivity contribution < 1.29 is 0 Å². The Morgan fingerprint density at radius 1 is 1.03 bits per heavy atom. The molecular formula is C26H37N5O2. The molecule has 0 N–H and O–H groups in total. The molecule has 0 saturated heterocycles. The Labute approximate surface area is 195 Å². The second-order valence-electron chi connectivity index (χ2n) is 9.67. The lowest BCUT2D eigenvalue weighted by molar-refractivity contribution is 0.457. The molecule has 3 aromatic rings. The van der Waals surface area contributed by atoms with Gasteiger partial charge < -0.3 is 9.47 Å². The van der Waals surface area contributed by atoms with Gasteiger partial charge in [-0.2, -0.15) is 4.98 Å². The zero-order chi connectivity index (χ0) is 23.5. The van der Waals surface area contributed by atoms with Crippen molar-refractivity contribution in [3.05, 3.63) is 50.7 Å². The smallest absolute Gasteiger partial charge is 0.312 e. The van der Waals surface area contributed by atoms with Crippen LogP contribution < -0.4 is 16.1 Å². The SMILES string of the molecule is CCCCCCCCCn1c(=O)c2c(nc3n2C[C@H](C)CN3c2cccc(C)c2)n(C)c1=O. The van der Waals surface area contributed by atoms with Crippen LogP contribution in [-0.4, -0.2) is 25.2 Å². The maximum Gasteiger partial charge on any atom is 0.332 e. The quantitative estimate of drug-likeness (QED) is 0.441. The number of benzene rings is 1. The number of fused-ring (bicyclic) bond motifs is 3. The van der Waals surface area contributed by atoms with E-state index in [2.05, 4.69) is 43.9 Å². The first-order valence-corrected chi connectivity index (χ1v) is 12.5. The molecule has 7 heteroatoms. The highest BCUT2D eigenvalue weighted by molar-refractivity contribution is 5.77. The summed E-state index contributed by atoms with van der Waals surface area (Å²) in [7, 11) is 1.73. The van der Waals surface area contributed by atoms with E-state index in [4.69, 9.17) is 4.98 Å². The second kappa shape index (κ2) is 9.98. The zero-order valence-electron chi connectivity index (χ0n) is 20.5. The highest BCUT2D eigenvalue weighted by Crippen LogP contribution is 2.33. The predicted molar refractivity (Wildman–Crippen MR) is 135 cm³/mol. The van der Waals surface area contributed by atoms with Crippen molar-refractivity contribution in [2.24, 2.45) is 13.0 Å². The van der Waals surface area contributed by atoms with Crippen LogP contribution in [0.5, 0.6) is 0 Å². The molecule has 0 saturated carbocycles. The van der Waals surface area contributed by atoms with Crippen molar-refractivity contribution in [2.75, 3.05) is 11.4 Å². The largest absolute Gasteiger partial charge is 0.332 e. The van der Waals surface area contributed by atoms with E-state index in [1.807, 2.05) is 10.6 Å². The lowest BCUT2D eigenvalue weighted by Crippen LogP contribution is -2.40. The van der Waals surface area contributed by atoms with Crippen molar-refractivity contribution in [2.45, 2.75) is 78.8 Å². The second-order valence-corrected chi connectivity index (χ2v) is 9.67. The first-order chi connectivity index (χ1) is 15.9. The molecule has 0 fully saturated rings. The zero-order valence-corrected chi connectivity index (χ0v) is 20.5. The van der Waals surface area contributed by atoms with E-state index in [9.17, 15) is 9.59 Å². The minimum atomic E-state index is -0.274. The van der Waals surface area contributed by atoms with Crippen LogP contribution in [0.1, 0.15) is 64.4 Å². The molecule has 0 radical (unpaired) electrons. The van der Waals surface area contributed by atoms with E-state index in [1.54, 1.807) is 11.6 Å². The van der Waals surface area contributed by atoms with Gasteiger partial charge in [0.1, 0.15) is 0 Å². The monoisotopic (exact) mass is 451 g/mol. The number of hydrogen-bond acceptors (Lipinski definition) is 4. The minimum Gasteiger partial charge on any atom is -0.312 e. The van der Waals surface area contributed by atoms with Crippen LogP contribution in [0.4, 0.5) is 11.6 Å². The average molecular weight is 452 g/mol. The number of unbranched alkanes of at least 4 members (excludes halogenated alkanes) is 6. The maximum absolute atomic E-state index is 13.5. The summed E-state index contributed by atoms with van der Waals surface area (Å²) in [6, 6.07) is 8.33. The molecule has 7 nitrogen and oxygen atoms in total. The first-order valence-electron chi connectivity index (χ1n) is 12.5. The van der Waals surface area contributed by atoms with Gasteiger partial charge >= 0.3 is 5.69 Å². The number of hydrogen-bond donors (Lipinski definition) is 0. The average Bonchev–Trinajstić information content (AvgIpc) is 3.18. The fourth-order valence-electron chi connectivity index (χ4n) is 4.94. The number of nitrogens with zero attached hydrogens (tertiary/aromatic N) is 5. The Bertz CT molecular complexity index is 1240. The molecule has 0 bridgehead atoms. The Kier molecular flexibility index (Phi) is 7.05. The number of aryl methyl sites for hydroxylation is 2. The molecular weight excluding hydrogens is 414 g/mol. The predicted octanol–water partition coefficient (Wildman–Crippen LogP) is 4.74. The molecule has 3 heterocycles. The van der Waals surface area contributed by atoms with E-state index >= 15 is 0 Å². The fourth-order valence-corrected chi connectivity index (χ4v) is 4.94. The maximum atomic E-state index is 13.5. The van der Waals surface area contributed by atoms with Gasteiger partial charge in [0, 0.05) is 32.4 Å². The Hall–Kier alpha value is -2.83. The van der Waals surface area contributed by atoms with E-state index in [0.29, 0.717) is 23.6 Å². The van der Waals surface area contributed by atoms with Gasteiger partial charge in [-0.05, 0) is 37.0 Å². The van der Waals surface area contributed by atoms with Gasteiger partial charge in [-0.3, -0.25) is 13.9 Å². The highest BCUT2D eigenvalue weighted by Gasteiger charge is 2.29. The molecule has 1 aliphatic heterocycles. The number of anilines is 2. The van der Waals surface area contributed by atoms with E-state index in [-0.39, 0.29) is 11.2 Å². The minimum absolute atomic E-state index is 0.212. The normalized spacial score (nSPS) is 15.9. The molecule has 0 aliphatic carbocycles. The summed E-state index contributed by atoms with van der Waals surface area (Å²) in [5.74, 6) is 1.10. The van der Waals surface area contributed by atoms with E-state index in [1.165, 1.54) is 35.8 Å². The van der Waals surface area contributed by atoms with Gasteiger partial charge in [0.2, 0.25) is 5.95 Å². The third kappa shape index (κ3) is 4.63. The summed E-state index contributed by atoms with van der Waals surface area (Å²) < 4.78 is 4.98. The lowest BCUT2D eigenvalue weighted by Gasteiger charge is -2.33. The van der Waals surface area contributed by atoms with Crippen molar-refractivity contribution in [3.8, 4) is 0 Å². The molecule has 1 aliphatic rings. The van der Waals surface area contributed by atoms with Gasteiger partial charge in [0.25, 0.3) is 5.56 Å². The van der Waals surface area contributed by atoms with Crippen molar-refractivity contribution in [1.82, 2.24) is 18.7 Å². The topological polar surface area (TPSA) is 65.1 Å². The molecule has 0 spiro atoms. The molecule has 1 aromatic carbocycles. The molecule has 1 atom stereocenters. The van der Waals surface area contributed by atoms with E-state index < -0.39 is 0 Å². The van der Waals surface area contributed by atoms with Gasteiger partial charge in [-0.15, -0.1) is 0 Å². The van der Waals surface area contributed by atoms with Crippen LogP contribution in [0.25, 0.3) is 11.2 Å². The van der Waals surface area contributed by atoms with Crippen LogP contribution in [0.2, 0.25) is 0 Å². The Morgan fingerprint density at radius 3 is 2.48 bits per heavy atom. The summed E-state index contributed by atoms with van der Waals surface area (Å²) >= 11 is 0. The number of aromatic nitrogens is 4. The molecule has 4 rings (SSSR count). The molecule has 33 heavy (non-hydrogen) atoms. The van der Waals surface area contributed by atoms with Crippen molar-refractivity contribution in [3.63, 3.8) is 0 Å². The van der Waals surface area contributed by atoms with Crippen molar-refractivity contribution in [1.29, 1.82) is 0 Å². The highest BCUT2D eigenvalue weighted by atomic mass is 16.2. The molecule has 178 valence electrons. The summed E-state index contributed by atoms with van der Waals surface area (Å²) in [5.41, 5.74) is 2.77. The number of rotatable bonds is 9. The van der Waals surface area contributed by atoms with Crippen LogP contribution in [0.3, 0.4) is 0 Å². The Morgan fingerprint density at radius 2 is 1.76 bits per heavy atom. The lowest BCUT2D eigenvalue weighted by atomic mass is 10.1. The molecule has 2 aromatic heterocycles. The van der Waals surface area contributed by atoms with Gasteiger partial charge in [-0.25, -0.2) is 4.79 Å². The summed E-state index contributed by atoms with van der Waals surface area (Å²) in [6.07, 6.45) is 8.05. The summed E-state index contributed by atoms with van der Waals surface area (Å²) in [6.45, 7) is 8.50. The van der Waals surface area contributed by atoms with Crippen LogP contribution >= 0.6 is 0 Å². The third-order valence-corrected chi connectivity index (χ3v) is 6.74. The van der Waals surface area contributed by atoms with Gasteiger partial charge in [-0.1, -0.05) is 64.5 Å². The standard InChI is InChI=1S/C26H37N5O2/c1-5-6-7-8-9-10-11-15-29-24(32)22-23(28(4)26(29)33)27-25-30(17-20(3)18-31(22)25)21-14-12-13-19(2)16-21/h12-14,16,20H,5-11,15,17-18H2,1-4H3/t20-/m1/s1.